The van der Waals surface area contributed by atoms with Crippen LogP contribution < -0.4 is 9.47 Å². The average Bonchev–Trinajstić information content (AvgIpc) is 3.48. The summed E-state index contributed by atoms with van der Waals surface area (Å²) < 4.78 is 51.8. The fourth-order valence-corrected chi connectivity index (χ4v) is 3.49. The minimum Gasteiger partial charge on any atom is -0.487 e. The molecule has 0 aliphatic carbocycles. The molecule has 7 nitrogen and oxygen atoms in total. The van der Waals surface area contributed by atoms with Gasteiger partial charge in [-0.25, -0.2) is 4.98 Å². The minimum atomic E-state index is -4.71. The van der Waals surface area contributed by atoms with Gasteiger partial charge in [0.05, 0.1) is 11.4 Å². The topological polar surface area (TPSA) is 86.1 Å². The van der Waals surface area contributed by atoms with Crippen molar-refractivity contribution in [3.63, 3.8) is 0 Å². The van der Waals surface area contributed by atoms with Crippen molar-refractivity contribution >= 4 is 12.2 Å². The Kier molecular flexibility index (Phi) is 8.04. The molecule has 2 heterocycles. The van der Waals surface area contributed by atoms with Crippen molar-refractivity contribution in [1.29, 1.82) is 0 Å². The summed E-state index contributed by atoms with van der Waals surface area (Å²) >= 11 is 0. The summed E-state index contributed by atoms with van der Waals surface area (Å²) in [5.41, 5.74) is 4.60. The number of benzene rings is 2. The number of aryl methyl sites for hydroxylation is 3. The van der Waals surface area contributed by atoms with Crippen LogP contribution in [-0.2, 0) is 19.4 Å². The highest BCUT2D eigenvalue weighted by atomic mass is 19.4. The zero-order valence-electron chi connectivity index (χ0n) is 19.6. The van der Waals surface area contributed by atoms with Crippen LogP contribution in [0.25, 0.3) is 12.2 Å². The average molecular weight is 499 g/mol. The van der Waals surface area contributed by atoms with Crippen LogP contribution in [0.15, 0.2) is 59.2 Å². The summed E-state index contributed by atoms with van der Waals surface area (Å²) in [7, 11) is 0. The SMILES string of the molecule is Cc1nn[nH]c1CCCCc1ccc(OCc2coc(C=Cc3ccc(OC(F)(F)F)cc3)n2)cc1. The molecule has 0 atom stereocenters. The third-order valence-electron chi connectivity index (χ3n) is 5.38. The molecule has 0 aliphatic heterocycles. The summed E-state index contributed by atoms with van der Waals surface area (Å²) in [6, 6.07) is 13.5. The zero-order chi connectivity index (χ0) is 25.4. The maximum absolute atomic E-state index is 12.2. The number of nitrogens with one attached hydrogen (secondary N) is 1. The van der Waals surface area contributed by atoms with E-state index in [2.05, 4.69) is 37.3 Å². The first-order chi connectivity index (χ1) is 17.3. The quantitative estimate of drug-likeness (QED) is 0.244. The molecule has 0 bridgehead atoms. The summed E-state index contributed by atoms with van der Waals surface area (Å²) in [6.07, 6.45) is 4.15. The van der Waals surface area contributed by atoms with Gasteiger partial charge in [-0.05, 0) is 74.1 Å². The van der Waals surface area contributed by atoms with Gasteiger partial charge in [0.25, 0.3) is 0 Å². The lowest BCUT2D eigenvalue weighted by atomic mass is 10.1. The van der Waals surface area contributed by atoms with Gasteiger partial charge in [-0.2, -0.15) is 0 Å². The standard InChI is InChI=1S/C26H25F3N4O3/c1-18-24(32-33-31-18)5-3-2-4-19-6-11-22(12-7-19)34-16-21-17-35-25(30-21)15-10-20-8-13-23(14-9-20)36-26(27,28)29/h6-15,17H,2-5,16H2,1H3,(H,31,32,33). The molecule has 0 amide bonds. The Balaban J connectivity index is 1.20. The first kappa shape index (κ1) is 25.0. The van der Waals surface area contributed by atoms with Crippen LogP contribution in [0.1, 0.15) is 46.9 Å². The van der Waals surface area contributed by atoms with Gasteiger partial charge in [0.2, 0.25) is 5.89 Å². The molecule has 0 unspecified atom stereocenters. The molecule has 2 aromatic heterocycles. The number of hydrogen-bond acceptors (Lipinski definition) is 6. The highest BCUT2D eigenvalue weighted by Crippen LogP contribution is 2.23. The van der Waals surface area contributed by atoms with Gasteiger partial charge in [-0.1, -0.05) is 29.5 Å². The lowest BCUT2D eigenvalue weighted by Gasteiger charge is -2.08. The predicted molar refractivity (Wildman–Crippen MR) is 127 cm³/mol. The van der Waals surface area contributed by atoms with Crippen molar-refractivity contribution in [3.8, 4) is 11.5 Å². The number of hydrogen-bond donors (Lipinski definition) is 1. The van der Waals surface area contributed by atoms with E-state index in [9.17, 15) is 13.2 Å². The third-order valence-corrected chi connectivity index (χ3v) is 5.38. The van der Waals surface area contributed by atoms with Crippen LogP contribution in [0.5, 0.6) is 11.5 Å². The minimum absolute atomic E-state index is 0.248. The molecule has 2 aromatic carbocycles. The van der Waals surface area contributed by atoms with Crippen molar-refractivity contribution in [3.05, 3.63) is 88.9 Å². The Labute approximate surface area is 206 Å². The van der Waals surface area contributed by atoms with Crippen LogP contribution in [0, 0.1) is 6.92 Å². The number of ether oxygens (including phenoxy) is 2. The highest BCUT2D eigenvalue weighted by Gasteiger charge is 2.30. The normalized spacial score (nSPS) is 11.8. The van der Waals surface area contributed by atoms with Gasteiger partial charge in [0.15, 0.2) is 0 Å². The van der Waals surface area contributed by atoms with Crippen molar-refractivity contribution in [1.82, 2.24) is 20.4 Å². The smallest absolute Gasteiger partial charge is 0.487 e. The molecule has 1 N–H and O–H groups in total. The third kappa shape index (κ3) is 7.72. The molecule has 0 fully saturated rings. The Morgan fingerprint density at radius 3 is 2.36 bits per heavy atom. The summed E-state index contributed by atoms with van der Waals surface area (Å²) in [5.74, 6) is 0.821. The lowest BCUT2D eigenvalue weighted by Crippen LogP contribution is -2.16. The van der Waals surface area contributed by atoms with Crippen molar-refractivity contribution in [2.24, 2.45) is 0 Å². The van der Waals surface area contributed by atoms with Crippen LogP contribution in [-0.4, -0.2) is 26.8 Å². The first-order valence-electron chi connectivity index (χ1n) is 11.4. The number of oxazole rings is 1. The number of unbranched alkanes of at least 4 members (excludes halogenated alkanes) is 1. The van der Waals surface area contributed by atoms with E-state index in [0.29, 0.717) is 17.1 Å². The van der Waals surface area contributed by atoms with Crippen LogP contribution >= 0.6 is 0 Å². The molecule has 10 heteroatoms. The molecule has 4 aromatic rings. The van der Waals surface area contributed by atoms with Gasteiger partial charge >= 0.3 is 6.36 Å². The fraction of sp³-hybridized carbons (Fsp3) is 0.269. The second-order valence-electron chi connectivity index (χ2n) is 8.14. The van der Waals surface area contributed by atoms with E-state index in [1.807, 2.05) is 19.1 Å². The van der Waals surface area contributed by atoms with E-state index in [4.69, 9.17) is 9.15 Å². The fourth-order valence-electron chi connectivity index (χ4n) is 3.49. The van der Waals surface area contributed by atoms with E-state index in [0.717, 1.165) is 42.8 Å². The number of aromatic amines is 1. The van der Waals surface area contributed by atoms with Gasteiger partial charge in [0, 0.05) is 6.08 Å². The van der Waals surface area contributed by atoms with Crippen LogP contribution in [0.2, 0.25) is 0 Å². The molecule has 0 spiro atoms. The van der Waals surface area contributed by atoms with E-state index < -0.39 is 6.36 Å². The molecular weight excluding hydrogens is 473 g/mol. The van der Waals surface area contributed by atoms with Crippen LogP contribution in [0.4, 0.5) is 13.2 Å². The number of nitrogens with zero attached hydrogens (tertiary/aromatic N) is 3. The highest BCUT2D eigenvalue weighted by molar-refractivity contribution is 5.66. The van der Waals surface area contributed by atoms with E-state index in [-0.39, 0.29) is 12.4 Å². The van der Waals surface area contributed by atoms with E-state index in [1.165, 1.54) is 36.1 Å². The number of aromatic nitrogens is 4. The van der Waals surface area contributed by atoms with E-state index in [1.54, 1.807) is 12.2 Å². The van der Waals surface area contributed by atoms with Gasteiger partial charge < -0.3 is 13.9 Å². The molecule has 36 heavy (non-hydrogen) atoms. The molecule has 0 radical (unpaired) electrons. The number of H-pyrrole nitrogens is 1. The summed E-state index contributed by atoms with van der Waals surface area (Å²) in [5, 5.41) is 10.7. The van der Waals surface area contributed by atoms with Crippen molar-refractivity contribution in [2.45, 2.75) is 45.6 Å². The zero-order valence-corrected chi connectivity index (χ0v) is 19.6. The predicted octanol–water partition coefficient (Wildman–Crippen LogP) is 6.31. The Hall–Kier alpha value is -4.08. The summed E-state index contributed by atoms with van der Waals surface area (Å²) in [4.78, 5) is 4.34. The van der Waals surface area contributed by atoms with Crippen molar-refractivity contribution < 1.29 is 27.1 Å². The van der Waals surface area contributed by atoms with Gasteiger partial charge in [0.1, 0.15) is 30.1 Å². The number of halogens is 3. The molecule has 0 saturated heterocycles. The lowest BCUT2D eigenvalue weighted by molar-refractivity contribution is -0.274. The maximum atomic E-state index is 12.2. The summed E-state index contributed by atoms with van der Waals surface area (Å²) in [6.45, 7) is 2.20. The Morgan fingerprint density at radius 1 is 0.944 bits per heavy atom. The number of rotatable bonds is 11. The molecule has 0 aliphatic rings. The Bertz CT molecular complexity index is 1260. The molecule has 188 valence electrons. The monoisotopic (exact) mass is 498 g/mol. The number of alkyl halides is 3. The Morgan fingerprint density at radius 2 is 1.67 bits per heavy atom. The first-order valence-corrected chi connectivity index (χ1v) is 11.4. The second-order valence-corrected chi connectivity index (χ2v) is 8.14. The molecular formula is C26H25F3N4O3. The molecule has 4 rings (SSSR count). The maximum Gasteiger partial charge on any atom is 0.573 e. The van der Waals surface area contributed by atoms with Crippen LogP contribution in [0.3, 0.4) is 0 Å². The molecule has 0 saturated carbocycles. The van der Waals surface area contributed by atoms with Crippen molar-refractivity contribution in [2.75, 3.05) is 0 Å². The van der Waals surface area contributed by atoms with Gasteiger partial charge in [-0.3, -0.25) is 5.10 Å². The van der Waals surface area contributed by atoms with E-state index >= 15 is 0 Å². The second kappa shape index (κ2) is 11.6. The largest absolute Gasteiger partial charge is 0.573 e. The van der Waals surface area contributed by atoms with Gasteiger partial charge in [-0.15, -0.1) is 18.3 Å².